The van der Waals surface area contributed by atoms with Gasteiger partial charge in [-0.15, -0.1) is 0 Å². The number of likely N-dealkylation sites (N-methyl/N-ethyl adjacent to an activating group) is 1. The molecule has 0 aromatic carbocycles. The molecule has 0 saturated carbocycles. The SMILES string of the molecule is CC/C=C\C/C=C\C/C=C\C/C=C\C/C=C\CCCCCCCC(=O)NC(COP(=O)(O)OCC[N+](C)(C)C)C(/C=C\CCCCCCCCCCCC)OC(=O)CCCCCCCCCCCCCCCCCCC/C=C\C/C=C\CCCCC. The molecule has 3 atom stereocenters. The largest absolute Gasteiger partial charge is 0.472 e. The maximum absolute atomic E-state index is 13.6. The first-order valence-electron chi connectivity index (χ1n) is 36.1. The third-order valence-corrected chi connectivity index (χ3v) is 16.7. The van der Waals surface area contributed by atoms with Gasteiger partial charge in [0.2, 0.25) is 5.91 Å². The van der Waals surface area contributed by atoms with Crippen LogP contribution in [0.3, 0.4) is 0 Å². The Morgan fingerprint density at radius 1 is 0.419 bits per heavy atom. The number of amides is 1. The number of hydrogen-bond donors (Lipinski definition) is 2. The third kappa shape index (κ3) is 65.4. The van der Waals surface area contributed by atoms with Crippen molar-refractivity contribution in [3.8, 4) is 0 Å². The fourth-order valence-electron chi connectivity index (χ4n) is 10.2. The second-order valence-corrected chi connectivity index (χ2v) is 26.8. The summed E-state index contributed by atoms with van der Waals surface area (Å²) in [5.74, 6) is -0.521. The van der Waals surface area contributed by atoms with Gasteiger partial charge in [0.1, 0.15) is 19.3 Å². The Morgan fingerprint density at radius 2 is 0.744 bits per heavy atom. The molecule has 10 heteroatoms. The fraction of sp³-hybridized carbons (Fsp3) is 0.763. The molecular weight excluding hydrogens is 1080 g/mol. The highest BCUT2D eigenvalue weighted by Gasteiger charge is 2.30. The van der Waals surface area contributed by atoms with Gasteiger partial charge in [-0.3, -0.25) is 18.6 Å². The monoisotopic (exact) mass is 1220 g/mol. The molecule has 0 aliphatic carbocycles. The number of rotatable bonds is 65. The highest BCUT2D eigenvalue weighted by atomic mass is 31.2. The predicted molar refractivity (Wildman–Crippen MR) is 374 cm³/mol. The summed E-state index contributed by atoms with van der Waals surface area (Å²) in [4.78, 5) is 37.9. The van der Waals surface area contributed by atoms with Crippen LogP contribution in [0.15, 0.2) is 97.2 Å². The van der Waals surface area contributed by atoms with E-state index in [4.69, 9.17) is 13.8 Å². The summed E-state index contributed by atoms with van der Waals surface area (Å²) in [6, 6.07) is -0.864. The van der Waals surface area contributed by atoms with E-state index in [2.05, 4.69) is 111 Å². The van der Waals surface area contributed by atoms with E-state index in [1.807, 2.05) is 33.3 Å². The smallest absolute Gasteiger partial charge is 0.456 e. The summed E-state index contributed by atoms with van der Waals surface area (Å²) in [5, 5.41) is 3.06. The quantitative estimate of drug-likeness (QED) is 0.0205. The summed E-state index contributed by atoms with van der Waals surface area (Å²) in [5.41, 5.74) is 0. The second kappa shape index (κ2) is 64.9. The summed E-state index contributed by atoms with van der Waals surface area (Å²) >= 11 is 0. The molecular formula is C76H138N2O7P+. The Kier molecular flexibility index (Phi) is 62.6. The number of ether oxygens (including phenoxy) is 1. The molecule has 2 N–H and O–H groups in total. The van der Waals surface area contributed by atoms with Crippen molar-refractivity contribution in [1.82, 2.24) is 5.32 Å². The summed E-state index contributed by atoms with van der Waals surface area (Å²) < 4.78 is 30.8. The first kappa shape index (κ1) is 82.9. The van der Waals surface area contributed by atoms with E-state index < -0.39 is 20.0 Å². The van der Waals surface area contributed by atoms with E-state index in [1.165, 1.54) is 173 Å². The number of carbonyl (C=O) groups is 2. The topological polar surface area (TPSA) is 111 Å². The standard InChI is InChI=1S/C76H137N2O7P/c1-7-10-13-16-19-22-25-28-30-32-34-36-37-38-39-40-41-43-45-47-49-51-54-57-60-63-66-69-76(80)85-74(67-64-61-58-55-52-27-24-21-18-15-12-9-3)73(72-84-86(81,82)83-71-70-78(4,5)6)77-75(79)68-65-62-59-56-53-50-48-46-44-42-35-33-31-29-26-23-20-17-14-11-8-2/h11,14,19-20,22-23,28-31,35,42,46,48,64,67,73-74H,7-10,12-13,15-18,21,24-27,32-34,36-41,43-45,47,49-63,65-66,68-72H2,1-6H3,(H-,77,79,81,82)/p+1/b14-11-,22-19-,23-20-,30-28-,31-29-,42-35-,48-46-,67-64-. The minimum atomic E-state index is -4.46. The van der Waals surface area contributed by atoms with Gasteiger partial charge in [-0.2, -0.15) is 0 Å². The average Bonchev–Trinajstić information content (AvgIpc) is 3.66. The first-order valence-corrected chi connectivity index (χ1v) is 37.6. The highest BCUT2D eigenvalue weighted by molar-refractivity contribution is 7.47. The van der Waals surface area contributed by atoms with Crippen molar-refractivity contribution in [3.63, 3.8) is 0 Å². The number of carbonyl (C=O) groups excluding carboxylic acids is 2. The molecule has 0 rings (SSSR count). The molecule has 86 heavy (non-hydrogen) atoms. The number of esters is 1. The van der Waals surface area contributed by atoms with Gasteiger partial charge < -0.3 is 19.4 Å². The minimum absolute atomic E-state index is 0.0331. The Balaban J connectivity index is 5.05. The van der Waals surface area contributed by atoms with Crippen LogP contribution in [0.25, 0.3) is 0 Å². The molecule has 3 unspecified atom stereocenters. The zero-order chi connectivity index (χ0) is 62.8. The number of phosphoric ester groups is 1. The molecule has 0 heterocycles. The van der Waals surface area contributed by atoms with Crippen LogP contribution >= 0.6 is 7.82 Å². The van der Waals surface area contributed by atoms with Crippen LogP contribution in [0.5, 0.6) is 0 Å². The van der Waals surface area contributed by atoms with Crippen molar-refractivity contribution in [3.05, 3.63) is 97.2 Å². The Labute approximate surface area is 532 Å². The van der Waals surface area contributed by atoms with Crippen LogP contribution in [0.4, 0.5) is 0 Å². The molecule has 0 aromatic rings. The van der Waals surface area contributed by atoms with Crippen LogP contribution in [-0.4, -0.2) is 74.3 Å². The number of phosphoric acid groups is 1. The lowest BCUT2D eigenvalue weighted by Crippen LogP contribution is -2.47. The van der Waals surface area contributed by atoms with E-state index in [0.717, 1.165) is 116 Å². The highest BCUT2D eigenvalue weighted by Crippen LogP contribution is 2.43. The zero-order valence-electron chi connectivity index (χ0n) is 57.0. The Bertz CT molecular complexity index is 1790. The molecule has 9 nitrogen and oxygen atoms in total. The number of nitrogens with one attached hydrogen (secondary N) is 1. The van der Waals surface area contributed by atoms with Crippen LogP contribution in [0.1, 0.15) is 323 Å². The van der Waals surface area contributed by atoms with Crippen molar-refractivity contribution in [2.75, 3.05) is 40.9 Å². The summed E-state index contributed by atoms with van der Waals surface area (Å²) in [7, 11) is 1.48. The van der Waals surface area contributed by atoms with E-state index in [-0.39, 0.29) is 31.5 Å². The maximum Gasteiger partial charge on any atom is 0.472 e. The van der Waals surface area contributed by atoms with Gasteiger partial charge in [0, 0.05) is 12.8 Å². The Morgan fingerprint density at radius 3 is 1.14 bits per heavy atom. The average molecular weight is 1220 g/mol. The number of unbranched alkanes of at least 4 members (excludes halogenated alkanes) is 35. The molecule has 0 radical (unpaired) electrons. The molecule has 498 valence electrons. The number of quaternary nitrogens is 1. The number of hydrogen-bond acceptors (Lipinski definition) is 6. The van der Waals surface area contributed by atoms with E-state index >= 15 is 0 Å². The van der Waals surface area contributed by atoms with Crippen molar-refractivity contribution in [2.24, 2.45) is 0 Å². The lowest BCUT2D eigenvalue weighted by Gasteiger charge is -2.27. The zero-order valence-corrected chi connectivity index (χ0v) is 57.9. The summed E-state index contributed by atoms with van der Waals surface area (Å²) in [6.07, 6.45) is 88.5. The van der Waals surface area contributed by atoms with Gasteiger partial charge in [-0.25, -0.2) is 4.57 Å². The van der Waals surface area contributed by atoms with E-state index in [9.17, 15) is 19.0 Å². The van der Waals surface area contributed by atoms with Crippen molar-refractivity contribution in [1.29, 1.82) is 0 Å². The van der Waals surface area contributed by atoms with Crippen molar-refractivity contribution in [2.45, 2.75) is 335 Å². The first-order chi connectivity index (χ1) is 41.9. The Hall–Kier alpha value is -3.07. The second-order valence-electron chi connectivity index (χ2n) is 25.4. The van der Waals surface area contributed by atoms with Gasteiger partial charge in [-0.1, -0.05) is 298 Å². The van der Waals surface area contributed by atoms with Gasteiger partial charge in [0.15, 0.2) is 0 Å². The molecule has 0 saturated heterocycles. The fourth-order valence-corrected chi connectivity index (χ4v) is 11.0. The van der Waals surface area contributed by atoms with Crippen LogP contribution < -0.4 is 5.32 Å². The van der Waals surface area contributed by atoms with Crippen molar-refractivity contribution < 1.29 is 37.3 Å². The number of allylic oxidation sites excluding steroid dienone is 15. The number of nitrogens with zero attached hydrogens (tertiary/aromatic N) is 1. The minimum Gasteiger partial charge on any atom is -0.456 e. The molecule has 0 bridgehead atoms. The molecule has 0 spiro atoms. The van der Waals surface area contributed by atoms with Gasteiger partial charge in [0.05, 0.1) is 33.8 Å². The van der Waals surface area contributed by atoms with E-state index in [1.54, 1.807) is 0 Å². The van der Waals surface area contributed by atoms with E-state index in [0.29, 0.717) is 17.4 Å². The molecule has 1 amide bonds. The van der Waals surface area contributed by atoms with Crippen LogP contribution in [0.2, 0.25) is 0 Å². The van der Waals surface area contributed by atoms with Crippen molar-refractivity contribution >= 4 is 19.7 Å². The van der Waals surface area contributed by atoms with Gasteiger partial charge >= 0.3 is 13.8 Å². The predicted octanol–water partition coefficient (Wildman–Crippen LogP) is 23.1. The third-order valence-electron chi connectivity index (χ3n) is 15.8. The lowest BCUT2D eigenvalue weighted by molar-refractivity contribution is -0.870. The molecule has 0 aromatic heterocycles. The maximum atomic E-state index is 13.6. The lowest BCUT2D eigenvalue weighted by atomic mass is 10.0. The summed E-state index contributed by atoms with van der Waals surface area (Å²) in [6.45, 7) is 6.88. The van der Waals surface area contributed by atoms with Crippen LogP contribution in [-0.2, 0) is 27.9 Å². The molecule has 0 fully saturated rings. The van der Waals surface area contributed by atoms with Gasteiger partial charge in [-0.05, 0) is 109 Å². The van der Waals surface area contributed by atoms with Gasteiger partial charge in [0.25, 0.3) is 0 Å². The molecule has 0 aliphatic rings. The van der Waals surface area contributed by atoms with Crippen LogP contribution in [0, 0.1) is 0 Å². The molecule has 0 aliphatic heterocycles. The normalized spacial score (nSPS) is 14.1.